The van der Waals surface area contributed by atoms with Crippen LogP contribution in [0.4, 0.5) is 5.69 Å². The molecular formula is C19H23ClN4O. The molecule has 2 heterocycles. The number of nitrogens with one attached hydrogen (secondary N) is 1. The Hall–Kier alpha value is -2.01. The Kier molecular flexibility index (Phi) is 3.99. The molecule has 1 amide bonds. The summed E-state index contributed by atoms with van der Waals surface area (Å²) in [5, 5.41) is 8.78. The Bertz CT molecular complexity index is 825. The number of rotatable bonds is 4. The number of carbonyl (C=O) groups excluding carboxylic acids is 1. The molecule has 1 aromatic heterocycles. The summed E-state index contributed by atoms with van der Waals surface area (Å²) in [6.45, 7) is 7.01. The summed E-state index contributed by atoms with van der Waals surface area (Å²) < 4.78 is 1.86. The molecule has 1 aliphatic carbocycles. The molecule has 0 bridgehead atoms. The van der Waals surface area contributed by atoms with E-state index in [-0.39, 0.29) is 18.1 Å². The fourth-order valence-corrected chi connectivity index (χ4v) is 3.90. The molecule has 25 heavy (non-hydrogen) atoms. The van der Waals surface area contributed by atoms with E-state index in [1.807, 2.05) is 40.8 Å². The quantitative estimate of drug-likeness (QED) is 0.889. The van der Waals surface area contributed by atoms with Crippen molar-refractivity contribution in [3.05, 3.63) is 46.2 Å². The minimum atomic E-state index is -0.261. The summed E-state index contributed by atoms with van der Waals surface area (Å²) in [6, 6.07) is 7.96. The van der Waals surface area contributed by atoms with E-state index in [9.17, 15) is 4.79 Å². The number of amides is 1. The Labute approximate surface area is 153 Å². The lowest BCUT2D eigenvalue weighted by Crippen LogP contribution is -2.44. The minimum Gasteiger partial charge on any atom is -0.361 e. The molecule has 6 heteroatoms. The number of halogens is 1. The van der Waals surface area contributed by atoms with Crippen LogP contribution in [-0.2, 0) is 6.54 Å². The van der Waals surface area contributed by atoms with Gasteiger partial charge in [-0.3, -0.25) is 9.48 Å². The highest BCUT2D eigenvalue weighted by molar-refractivity contribution is 6.30. The molecule has 1 N–H and O–H groups in total. The Morgan fingerprint density at radius 2 is 2.04 bits per heavy atom. The predicted molar refractivity (Wildman–Crippen MR) is 98.8 cm³/mol. The third-order valence-electron chi connectivity index (χ3n) is 4.82. The number of anilines is 1. The Balaban J connectivity index is 1.79. The summed E-state index contributed by atoms with van der Waals surface area (Å²) in [5.74, 6) is 0.528. The van der Waals surface area contributed by atoms with Crippen molar-refractivity contribution < 1.29 is 4.79 Å². The van der Waals surface area contributed by atoms with Gasteiger partial charge in [-0.1, -0.05) is 37.6 Å². The summed E-state index contributed by atoms with van der Waals surface area (Å²) in [4.78, 5) is 15.1. The van der Waals surface area contributed by atoms with Gasteiger partial charge in [-0.25, -0.2) is 0 Å². The molecule has 1 fully saturated rings. The van der Waals surface area contributed by atoms with Crippen molar-refractivity contribution in [2.45, 2.75) is 52.4 Å². The zero-order valence-electron chi connectivity index (χ0n) is 14.8. The smallest absolute Gasteiger partial charge is 0.258 e. The van der Waals surface area contributed by atoms with E-state index in [0.29, 0.717) is 11.1 Å². The van der Waals surface area contributed by atoms with Gasteiger partial charge >= 0.3 is 0 Å². The van der Waals surface area contributed by atoms with Crippen molar-refractivity contribution in [1.82, 2.24) is 14.7 Å². The van der Waals surface area contributed by atoms with E-state index in [0.717, 1.165) is 41.9 Å². The van der Waals surface area contributed by atoms with E-state index in [1.165, 1.54) is 0 Å². The lowest BCUT2D eigenvalue weighted by molar-refractivity contribution is 0.0666. The number of fused-ring (bicyclic) bond motifs is 1. The summed E-state index contributed by atoms with van der Waals surface area (Å²) in [7, 11) is 0. The topological polar surface area (TPSA) is 50.2 Å². The van der Waals surface area contributed by atoms with Gasteiger partial charge in [-0.05, 0) is 37.8 Å². The molecule has 1 saturated carbocycles. The fourth-order valence-electron chi connectivity index (χ4n) is 3.55. The Morgan fingerprint density at radius 1 is 1.32 bits per heavy atom. The molecule has 5 nitrogen and oxygen atoms in total. The van der Waals surface area contributed by atoms with Crippen LogP contribution >= 0.6 is 11.6 Å². The second-order valence-electron chi connectivity index (χ2n) is 7.40. The maximum Gasteiger partial charge on any atom is 0.258 e. The summed E-state index contributed by atoms with van der Waals surface area (Å²) >= 11 is 6.69. The van der Waals surface area contributed by atoms with Gasteiger partial charge in [0.1, 0.15) is 11.3 Å². The van der Waals surface area contributed by atoms with Crippen molar-refractivity contribution in [2.24, 2.45) is 5.92 Å². The molecule has 2 aromatic rings. The van der Waals surface area contributed by atoms with E-state index in [1.54, 1.807) is 0 Å². The van der Waals surface area contributed by atoms with Gasteiger partial charge in [0, 0.05) is 18.3 Å². The number of para-hydroxylation sites is 1. The molecule has 1 aromatic carbocycles. The maximum absolute atomic E-state index is 13.1. The van der Waals surface area contributed by atoms with Crippen LogP contribution in [0.1, 0.15) is 54.5 Å². The lowest BCUT2D eigenvalue weighted by atomic mass is 10.0. The maximum atomic E-state index is 13.1. The number of carbonyl (C=O) groups is 1. The first-order valence-corrected chi connectivity index (χ1v) is 9.26. The third kappa shape index (κ3) is 2.80. The molecule has 0 saturated heterocycles. The van der Waals surface area contributed by atoms with E-state index < -0.39 is 0 Å². The van der Waals surface area contributed by atoms with Crippen LogP contribution in [-0.4, -0.2) is 26.6 Å². The van der Waals surface area contributed by atoms with Crippen molar-refractivity contribution >= 4 is 23.2 Å². The average Bonchev–Trinajstić information content (AvgIpc) is 3.35. The minimum absolute atomic E-state index is 0.0777. The van der Waals surface area contributed by atoms with Crippen molar-refractivity contribution in [3.63, 3.8) is 0 Å². The molecule has 1 aliphatic heterocycles. The van der Waals surface area contributed by atoms with Crippen LogP contribution in [0.25, 0.3) is 0 Å². The highest BCUT2D eigenvalue weighted by atomic mass is 35.5. The second kappa shape index (κ2) is 6.06. The van der Waals surface area contributed by atoms with Gasteiger partial charge in [0.25, 0.3) is 5.91 Å². The standard InChI is InChI=1S/C19H23ClN4O/c1-11(2)10-23-17(20)16(12(3)22-23)18-21-15-7-5-4-6-14(15)19(25)24(18)13-8-9-13/h4-7,11,13,18,21H,8-10H2,1-3H3. The van der Waals surface area contributed by atoms with Crippen LogP contribution in [0.3, 0.4) is 0 Å². The fraction of sp³-hybridized carbons (Fsp3) is 0.474. The van der Waals surface area contributed by atoms with Crippen LogP contribution in [0, 0.1) is 12.8 Å². The first-order valence-electron chi connectivity index (χ1n) is 8.88. The predicted octanol–water partition coefficient (Wildman–Crippen LogP) is 4.23. The third-order valence-corrected chi connectivity index (χ3v) is 5.22. The SMILES string of the molecule is Cc1nn(CC(C)C)c(Cl)c1C1Nc2ccccc2C(=O)N1C1CC1. The van der Waals surface area contributed by atoms with Crippen LogP contribution in [0.5, 0.6) is 0 Å². The molecule has 1 atom stereocenters. The van der Waals surface area contributed by atoms with Crippen molar-refractivity contribution in [2.75, 3.05) is 5.32 Å². The average molecular weight is 359 g/mol. The second-order valence-corrected chi connectivity index (χ2v) is 7.76. The number of hydrogen-bond donors (Lipinski definition) is 1. The zero-order chi connectivity index (χ0) is 17.7. The molecule has 0 radical (unpaired) electrons. The van der Waals surface area contributed by atoms with Crippen LogP contribution < -0.4 is 5.32 Å². The lowest BCUT2D eigenvalue weighted by Gasteiger charge is -2.38. The van der Waals surface area contributed by atoms with Crippen LogP contribution in [0.2, 0.25) is 5.15 Å². The molecule has 2 aliphatic rings. The first kappa shape index (κ1) is 16.5. The van der Waals surface area contributed by atoms with Gasteiger partial charge in [0.15, 0.2) is 0 Å². The van der Waals surface area contributed by atoms with Crippen molar-refractivity contribution in [3.8, 4) is 0 Å². The normalized spacial score (nSPS) is 20.0. The number of nitrogens with zero attached hydrogens (tertiary/aromatic N) is 3. The van der Waals surface area contributed by atoms with Crippen LogP contribution in [0.15, 0.2) is 24.3 Å². The number of aromatic nitrogens is 2. The molecular weight excluding hydrogens is 336 g/mol. The highest BCUT2D eigenvalue weighted by Crippen LogP contribution is 2.43. The molecule has 132 valence electrons. The van der Waals surface area contributed by atoms with Gasteiger partial charge in [-0.15, -0.1) is 0 Å². The zero-order valence-corrected chi connectivity index (χ0v) is 15.5. The number of benzene rings is 1. The van der Waals surface area contributed by atoms with Gasteiger partial charge in [0.2, 0.25) is 0 Å². The van der Waals surface area contributed by atoms with Gasteiger partial charge in [0.05, 0.1) is 16.8 Å². The monoisotopic (exact) mass is 358 g/mol. The van der Waals surface area contributed by atoms with Crippen molar-refractivity contribution in [1.29, 1.82) is 0 Å². The van der Waals surface area contributed by atoms with Gasteiger partial charge in [-0.2, -0.15) is 5.10 Å². The molecule has 4 rings (SSSR count). The summed E-state index contributed by atoms with van der Waals surface area (Å²) in [5.41, 5.74) is 3.38. The molecule has 0 spiro atoms. The molecule has 1 unspecified atom stereocenters. The van der Waals surface area contributed by atoms with Gasteiger partial charge < -0.3 is 10.2 Å². The highest BCUT2D eigenvalue weighted by Gasteiger charge is 2.43. The first-order chi connectivity index (χ1) is 12.0. The largest absolute Gasteiger partial charge is 0.361 e. The van der Waals surface area contributed by atoms with E-state index in [2.05, 4.69) is 24.3 Å². The Morgan fingerprint density at radius 3 is 2.72 bits per heavy atom. The number of hydrogen-bond acceptors (Lipinski definition) is 3. The van der Waals surface area contributed by atoms with E-state index in [4.69, 9.17) is 11.6 Å². The number of aryl methyl sites for hydroxylation is 1. The van der Waals surface area contributed by atoms with E-state index >= 15 is 0 Å². The summed E-state index contributed by atoms with van der Waals surface area (Å²) in [6.07, 6.45) is 1.83.